The van der Waals surface area contributed by atoms with Gasteiger partial charge in [0.1, 0.15) is 11.6 Å². The van der Waals surface area contributed by atoms with Gasteiger partial charge in [-0.15, -0.1) is 0 Å². The molecule has 2 aromatic rings. The summed E-state index contributed by atoms with van der Waals surface area (Å²) < 4.78 is 5.15. The molecule has 2 rings (SSSR count). The maximum atomic E-state index is 5.15. The molecule has 0 radical (unpaired) electrons. The number of hydrogen-bond acceptors (Lipinski definition) is 5. The van der Waals surface area contributed by atoms with Gasteiger partial charge in [-0.05, 0) is 39.8 Å². The predicted molar refractivity (Wildman–Crippen MR) is 81.1 cm³/mol. The number of pyridine rings is 1. The summed E-state index contributed by atoms with van der Waals surface area (Å²) in [5.41, 5.74) is 3.04. The Bertz CT molecular complexity index is 524. The maximum Gasteiger partial charge on any atom is 0.138 e. The zero-order valence-corrected chi connectivity index (χ0v) is 12.6. The summed E-state index contributed by atoms with van der Waals surface area (Å²) in [6, 6.07) is 4.10. The summed E-state index contributed by atoms with van der Waals surface area (Å²) >= 11 is 0. The van der Waals surface area contributed by atoms with Crippen molar-refractivity contribution in [1.82, 2.24) is 10.1 Å². The Labute approximate surface area is 120 Å². The zero-order chi connectivity index (χ0) is 14.5. The lowest BCUT2D eigenvalue weighted by Crippen LogP contribution is -2.22. The van der Waals surface area contributed by atoms with Crippen LogP contribution in [-0.4, -0.2) is 23.2 Å². The molecule has 0 spiro atoms. The Morgan fingerprint density at radius 2 is 1.95 bits per heavy atom. The van der Waals surface area contributed by atoms with E-state index in [0.29, 0.717) is 6.54 Å². The minimum atomic E-state index is 0.702. The molecule has 2 heterocycles. The third kappa shape index (κ3) is 3.10. The van der Waals surface area contributed by atoms with Gasteiger partial charge in [-0.25, -0.2) is 4.98 Å². The third-order valence-electron chi connectivity index (χ3n) is 3.49. The van der Waals surface area contributed by atoms with Crippen LogP contribution in [0.5, 0.6) is 0 Å². The minimum absolute atomic E-state index is 0.702. The van der Waals surface area contributed by atoms with Gasteiger partial charge in [0.2, 0.25) is 0 Å². The highest BCUT2D eigenvalue weighted by atomic mass is 16.5. The van der Waals surface area contributed by atoms with Gasteiger partial charge < -0.3 is 14.7 Å². The van der Waals surface area contributed by atoms with Crippen LogP contribution in [0.2, 0.25) is 0 Å². The van der Waals surface area contributed by atoms with E-state index in [2.05, 4.69) is 40.3 Å². The highest BCUT2D eigenvalue weighted by Crippen LogP contribution is 2.17. The molecule has 5 heteroatoms. The van der Waals surface area contributed by atoms with Crippen LogP contribution >= 0.6 is 0 Å². The number of anilines is 2. The van der Waals surface area contributed by atoms with Crippen molar-refractivity contribution in [3.05, 3.63) is 35.3 Å². The van der Waals surface area contributed by atoms with Crippen LogP contribution in [0.1, 0.15) is 30.9 Å². The van der Waals surface area contributed by atoms with E-state index in [1.54, 1.807) is 0 Å². The largest absolute Gasteiger partial charge is 0.380 e. The first-order chi connectivity index (χ1) is 9.65. The lowest BCUT2D eigenvalue weighted by molar-refractivity contribution is 0.392. The number of aromatic nitrogens is 2. The van der Waals surface area contributed by atoms with Gasteiger partial charge in [-0.2, -0.15) is 0 Å². The molecule has 0 aliphatic heterocycles. The lowest BCUT2D eigenvalue weighted by Gasteiger charge is -2.19. The van der Waals surface area contributed by atoms with E-state index in [1.165, 1.54) is 0 Å². The van der Waals surface area contributed by atoms with Crippen molar-refractivity contribution in [2.24, 2.45) is 0 Å². The van der Waals surface area contributed by atoms with Crippen molar-refractivity contribution in [3.63, 3.8) is 0 Å². The molecule has 0 aliphatic rings. The summed E-state index contributed by atoms with van der Waals surface area (Å²) in [6.45, 7) is 10.8. The van der Waals surface area contributed by atoms with E-state index in [1.807, 2.05) is 26.1 Å². The molecule has 0 saturated heterocycles. The zero-order valence-electron chi connectivity index (χ0n) is 12.6. The van der Waals surface area contributed by atoms with Crippen molar-refractivity contribution in [2.75, 3.05) is 23.3 Å². The molecule has 0 aromatic carbocycles. The molecular formula is C15H22N4O. The van der Waals surface area contributed by atoms with Crippen molar-refractivity contribution in [3.8, 4) is 0 Å². The number of rotatable bonds is 6. The highest BCUT2D eigenvalue weighted by molar-refractivity contribution is 5.49. The van der Waals surface area contributed by atoms with Crippen LogP contribution in [-0.2, 0) is 6.54 Å². The molecule has 0 fully saturated rings. The molecular weight excluding hydrogens is 252 g/mol. The van der Waals surface area contributed by atoms with Gasteiger partial charge >= 0.3 is 0 Å². The smallest absolute Gasteiger partial charge is 0.138 e. The minimum Gasteiger partial charge on any atom is -0.380 e. The number of nitrogens with zero attached hydrogens (tertiary/aromatic N) is 3. The molecule has 2 aromatic heterocycles. The molecule has 5 nitrogen and oxygen atoms in total. The van der Waals surface area contributed by atoms with Crippen molar-refractivity contribution < 1.29 is 4.52 Å². The summed E-state index contributed by atoms with van der Waals surface area (Å²) in [4.78, 5) is 6.71. The monoisotopic (exact) mass is 274 g/mol. The highest BCUT2D eigenvalue weighted by Gasteiger charge is 2.08. The first-order valence-electron chi connectivity index (χ1n) is 7.02. The molecule has 108 valence electrons. The molecule has 0 bridgehead atoms. The van der Waals surface area contributed by atoms with Crippen molar-refractivity contribution in [1.29, 1.82) is 0 Å². The summed E-state index contributed by atoms with van der Waals surface area (Å²) in [6.07, 6.45) is 1.87. The molecule has 0 aliphatic carbocycles. The van der Waals surface area contributed by atoms with Crippen LogP contribution in [0.25, 0.3) is 0 Å². The van der Waals surface area contributed by atoms with Gasteiger partial charge in [0.25, 0.3) is 0 Å². The van der Waals surface area contributed by atoms with Crippen LogP contribution in [0.3, 0.4) is 0 Å². The third-order valence-corrected chi connectivity index (χ3v) is 3.49. The molecule has 20 heavy (non-hydrogen) atoms. The fourth-order valence-electron chi connectivity index (χ4n) is 2.17. The molecule has 0 amide bonds. The summed E-state index contributed by atoms with van der Waals surface area (Å²) in [7, 11) is 0. The fourth-order valence-corrected chi connectivity index (χ4v) is 2.17. The van der Waals surface area contributed by atoms with E-state index >= 15 is 0 Å². The summed E-state index contributed by atoms with van der Waals surface area (Å²) in [5.74, 6) is 1.88. The normalized spacial score (nSPS) is 10.6. The Hall–Kier alpha value is -2.04. The van der Waals surface area contributed by atoms with Crippen LogP contribution in [0.4, 0.5) is 11.5 Å². The Kier molecular flexibility index (Phi) is 4.61. The standard InChI is InChI=1S/C15H22N4O/c1-5-19(6-2)15-8-7-13(9-17-15)16-10-14-11(3)18-20-12(14)4/h7-9,16H,5-6,10H2,1-4H3. The first-order valence-corrected chi connectivity index (χ1v) is 7.02. The molecule has 0 saturated carbocycles. The molecule has 0 unspecified atom stereocenters. The average molecular weight is 274 g/mol. The average Bonchev–Trinajstić information content (AvgIpc) is 2.78. The first kappa shape index (κ1) is 14.4. The molecule has 0 atom stereocenters. The Morgan fingerprint density at radius 3 is 2.45 bits per heavy atom. The SMILES string of the molecule is CCN(CC)c1ccc(NCc2c(C)noc2C)cn1. The van der Waals surface area contributed by atoms with Gasteiger partial charge in [-0.1, -0.05) is 5.16 Å². The van der Waals surface area contributed by atoms with Crippen LogP contribution in [0, 0.1) is 13.8 Å². The van der Waals surface area contributed by atoms with Crippen molar-refractivity contribution in [2.45, 2.75) is 34.2 Å². The van der Waals surface area contributed by atoms with Crippen LogP contribution in [0.15, 0.2) is 22.9 Å². The van der Waals surface area contributed by atoms with Gasteiger partial charge in [0.15, 0.2) is 0 Å². The Balaban J connectivity index is 2.01. The Morgan fingerprint density at radius 1 is 1.20 bits per heavy atom. The van der Waals surface area contributed by atoms with Crippen molar-refractivity contribution >= 4 is 11.5 Å². The second-order valence-electron chi connectivity index (χ2n) is 4.73. The van der Waals surface area contributed by atoms with E-state index in [-0.39, 0.29) is 0 Å². The number of aryl methyl sites for hydroxylation is 2. The van der Waals surface area contributed by atoms with Gasteiger partial charge in [0.05, 0.1) is 17.6 Å². The van der Waals surface area contributed by atoms with E-state index in [4.69, 9.17) is 4.52 Å². The predicted octanol–water partition coefficient (Wildman–Crippen LogP) is 3.14. The van der Waals surface area contributed by atoms with Gasteiger partial charge in [-0.3, -0.25) is 0 Å². The van der Waals surface area contributed by atoms with E-state index < -0.39 is 0 Å². The number of nitrogens with one attached hydrogen (secondary N) is 1. The number of hydrogen-bond donors (Lipinski definition) is 1. The van der Waals surface area contributed by atoms with Gasteiger partial charge in [0, 0.05) is 25.2 Å². The second kappa shape index (κ2) is 6.41. The second-order valence-corrected chi connectivity index (χ2v) is 4.73. The topological polar surface area (TPSA) is 54.2 Å². The maximum absolute atomic E-state index is 5.15. The molecule has 1 N–H and O–H groups in total. The van der Waals surface area contributed by atoms with E-state index in [9.17, 15) is 0 Å². The quantitative estimate of drug-likeness (QED) is 0.877. The van der Waals surface area contributed by atoms with E-state index in [0.717, 1.165) is 41.6 Å². The van der Waals surface area contributed by atoms with Crippen LogP contribution < -0.4 is 10.2 Å². The lowest BCUT2D eigenvalue weighted by atomic mass is 10.2. The fraction of sp³-hybridized carbons (Fsp3) is 0.467. The summed E-state index contributed by atoms with van der Waals surface area (Å²) in [5, 5.41) is 7.30.